The lowest BCUT2D eigenvalue weighted by Gasteiger charge is -2.30. The molecule has 0 N–H and O–H groups in total. The molecule has 7 heteroatoms. The summed E-state index contributed by atoms with van der Waals surface area (Å²) in [5.41, 5.74) is 1.16. The van der Waals surface area contributed by atoms with E-state index in [9.17, 15) is 18.0 Å². The quantitative estimate of drug-likeness (QED) is 0.720. The number of benzene rings is 1. The maximum atomic E-state index is 12.8. The van der Waals surface area contributed by atoms with Gasteiger partial charge in [0.25, 0.3) is 0 Å². The fourth-order valence-corrected chi connectivity index (χ4v) is 3.72. The normalized spacial score (nSPS) is 19.8. The summed E-state index contributed by atoms with van der Waals surface area (Å²) in [6.07, 6.45) is 2.87. The number of hydrogen-bond donors (Lipinski definition) is 0. The summed E-state index contributed by atoms with van der Waals surface area (Å²) in [7, 11) is 0. The lowest BCUT2D eigenvalue weighted by Crippen LogP contribution is -2.39. The van der Waals surface area contributed by atoms with Gasteiger partial charge in [-0.15, -0.1) is 0 Å². The minimum absolute atomic E-state index is 0.00549. The van der Waals surface area contributed by atoms with E-state index in [0.29, 0.717) is 36.5 Å². The van der Waals surface area contributed by atoms with Gasteiger partial charge in [0.1, 0.15) is 11.5 Å². The molecule has 0 saturated heterocycles. The van der Waals surface area contributed by atoms with Crippen molar-refractivity contribution in [2.45, 2.75) is 38.4 Å². The van der Waals surface area contributed by atoms with Crippen LogP contribution < -0.4 is 0 Å². The third-order valence-electron chi connectivity index (χ3n) is 5.24. The van der Waals surface area contributed by atoms with Gasteiger partial charge in [-0.1, -0.05) is 29.4 Å². The molecule has 0 bridgehead atoms. The van der Waals surface area contributed by atoms with Crippen LogP contribution in [0.2, 0.25) is 0 Å². The van der Waals surface area contributed by atoms with Crippen molar-refractivity contribution in [2.24, 2.45) is 5.92 Å². The van der Waals surface area contributed by atoms with Crippen LogP contribution in [0.3, 0.4) is 0 Å². The van der Waals surface area contributed by atoms with E-state index in [4.69, 9.17) is 4.52 Å². The number of hydrogen-bond acceptors (Lipinski definition) is 3. The first-order valence-corrected chi connectivity index (χ1v) is 9.02. The molecule has 1 aromatic carbocycles. The Morgan fingerprint density at radius 3 is 2.63 bits per heavy atom. The first-order chi connectivity index (χ1) is 12.9. The maximum absolute atomic E-state index is 12.8. The van der Waals surface area contributed by atoms with E-state index in [1.165, 1.54) is 12.1 Å². The first kappa shape index (κ1) is 17.8. The van der Waals surface area contributed by atoms with E-state index < -0.39 is 11.7 Å². The van der Waals surface area contributed by atoms with Gasteiger partial charge >= 0.3 is 6.18 Å². The zero-order chi connectivity index (χ0) is 19.0. The summed E-state index contributed by atoms with van der Waals surface area (Å²) in [5, 5.41) is 4.06. The molecule has 0 fully saturated rings. The molecule has 1 aromatic heterocycles. The van der Waals surface area contributed by atoms with Crippen LogP contribution in [0.5, 0.6) is 0 Å². The third-order valence-corrected chi connectivity index (χ3v) is 5.24. The molecule has 2 aliphatic rings. The lowest BCUT2D eigenvalue weighted by molar-refractivity contribution is -0.138. The molecule has 0 spiro atoms. The molecule has 1 amide bonds. The fraction of sp³-hybridized carbons (Fsp3) is 0.400. The summed E-state index contributed by atoms with van der Waals surface area (Å²) >= 11 is 0. The number of fused-ring (bicyclic) bond motifs is 1. The van der Waals surface area contributed by atoms with Gasteiger partial charge in [-0.2, -0.15) is 13.2 Å². The average Bonchev–Trinajstić information content (AvgIpc) is 3.10. The van der Waals surface area contributed by atoms with E-state index in [2.05, 4.69) is 17.3 Å². The molecule has 142 valence electrons. The molecule has 0 radical (unpaired) electrons. The Morgan fingerprint density at radius 2 is 1.96 bits per heavy atom. The predicted molar refractivity (Wildman–Crippen MR) is 92.5 cm³/mol. The minimum atomic E-state index is -4.38. The Labute approximate surface area is 154 Å². The number of halogens is 3. The van der Waals surface area contributed by atoms with E-state index in [1.54, 1.807) is 0 Å². The largest absolute Gasteiger partial charge is 0.416 e. The third kappa shape index (κ3) is 3.50. The maximum Gasteiger partial charge on any atom is 0.416 e. The van der Waals surface area contributed by atoms with E-state index in [1.807, 2.05) is 4.90 Å². The molecule has 2 aromatic rings. The number of allylic oxidation sites excluding steroid dienone is 2. The van der Waals surface area contributed by atoms with Crippen molar-refractivity contribution in [3.8, 4) is 11.3 Å². The van der Waals surface area contributed by atoms with Gasteiger partial charge in [0.15, 0.2) is 0 Å². The van der Waals surface area contributed by atoms with Crippen LogP contribution in [0.4, 0.5) is 13.2 Å². The Kier molecular flexibility index (Phi) is 4.53. The SMILES string of the molecule is O=C(C1CC=CCC1)N1CCc2onc(-c3ccc(C(F)(F)F)cc3)c2C1. The highest BCUT2D eigenvalue weighted by Gasteiger charge is 2.32. The molecule has 4 nitrogen and oxygen atoms in total. The fourth-order valence-electron chi connectivity index (χ4n) is 3.72. The van der Waals surface area contributed by atoms with Crippen LogP contribution in [0.15, 0.2) is 40.9 Å². The summed E-state index contributed by atoms with van der Waals surface area (Å²) in [4.78, 5) is 14.6. The minimum Gasteiger partial charge on any atom is -0.360 e. The molecular formula is C20H19F3N2O2. The predicted octanol–water partition coefficient (Wildman–Crippen LogP) is 4.60. The van der Waals surface area contributed by atoms with Crippen molar-refractivity contribution in [3.63, 3.8) is 0 Å². The van der Waals surface area contributed by atoms with E-state index >= 15 is 0 Å². The smallest absolute Gasteiger partial charge is 0.360 e. The Morgan fingerprint density at radius 1 is 1.19 bits per heavy atom. The molecule has 1 atom stereocenters. The monoisotopic (exact) mass is 376 g/mol. The molecular weight excluding hydrogens is 357 g/mol. The van der Waals surface area contributed by atoms with E-state index in [-0.39, 0.29) is 11.8 Å². The van der Waals surface area contributed by atoms with Crippen LogP contribution in [0.25, 0.3) is 11.3 Å². The van der Waals surface area contributed by atoms with Gasteiger partial charge in [0.2, 0.25) is 5.91 Å². The van der Waals surface area contributed by atoms with Crippen LogP contribution in [0.1, 0.15) is 36.1 Å². The van der Waals surface area contributed by atoms with Crippen LogP contribution in [-0.4, -0.2) is 22.5 Å². The zero-order valence-corrected chi connectivity index (χ0v) is 14.6. The molecule has 1 unspecified atom stereocenters. The molecule has 2 heterocycles. The van der Waals surface area contributed by atoms with Gasteiger partial charge in [0.05, 0.1) is 12.1 Å². The van der Waals surface area contributed by atoms with Crippen molar-refractivity contribution in [1.82, 2.24) is 10.1 Å². The second-order valence-corrected chi connectivity index (χ2v) is 7.00. The molecule has 1 aliphatic heterocycles. The van der Waals surface area contributed by atoms with E-state index in [0.717, 1.165) is 37.0 Å². The standard InChI is InChI=1S/C20H19F3N2O2/c21-20(22,23)15-8-6-13(7-9-15)18-16-12-25(11-10-17(16)27-24-18)19(26)14-4-2-1-3-5-14/h1-2,6-9,14H,3-5,10-12H2. The highest BCUT2D eigenvalue weighted by Crippen LogP contribution is 2.34. The highest BCUT2D eigenvalue weighted by atomic mass is 19.4. The number of carbonyl (C=O) groups excluding carboxylic acids is 1. The average molecular weight is 376 g/mol. The van der Waals surface area contributed by atoms with Gasteiger partial charge < -0.3 is 9.42 Å². The topological polar surface area (TPSA) is 46.3 Å². The van der Waals surface area contributed by atoms with Crippen LogP contribution in [-0.2, 0) is 23.9 Å². The highest BCUT2D eigenvalue weighted by molar-refractivity contribution is 5.80. The Hall–Kier alpha value is -2.57. The van der Waals surface area contributed by atoms with Crippen molar-refractivity contribution < 1.29 is 22.5 Å². The van der Waals surface area contributed by atoms with Gasteiger partial charge in [-0.05, 0) is 31.4 Å². The van der Waals surface area contributed by atoms with Gasteiger partial charge in [-0.25, -0.2) is 0 Å². The molecule has 27 heavy (non-hydrogen) atoms. The summed E-state index contributed by atoms with van der Waals surface area (Å²) < 4.78 is 43.7. The second kappa shape index (κ2) is 6.87. The molecule has 4 rings (SSSR count). The first-order valence-electron chi connectivity index (χ1n) is 9.02. The molecule has 1 aliphatic carbocycles. The van der Waals surface area contributed by atoms with Crippen molar-refractivity contribution in [3.05, 3.63) is 53.3 Å². The van der Waals surface area contributed by atoms with Crippen molar-refractivity contribution in [1.29, 1.82) is 0 Å². The molecule has 0 saturated carbocycles. The van der Waals surface area contributed by atoms with Crippen molar-refractivity contribution >= 4 is 5.91 Å². The lowest BCUT2D eigenvalue weighted by atomic mass is 9.92. The Bertz CT molecular complexity index is 868. The van der Waals surface area contributed by atoms with Crippen molar-refractivity contribution in [2.75, 3.05) is 6.54 Å². The van der Waals surface area contributed by atoms with Gasteiger partial charge in [-0.3, -0.25) is 4.79 Å². The van der Waals surface area contributed by atoms with Crippen LogP contribution >= 0.6 is 0 Å². The summed E-state index contributed by atoms with van der Waals surface area (Å²) in [5.74, 6) is 0.841. The number of amides is 1. The summed E-state index contributed by atoms with van der Waals surface area (Å²) in [6, 6.07) is 4.87. The van der Waals surface area contributed by atoms with Crippen LogP contribution in [0, 0.1) is 5.92 Å². The number of carbonyl (C=O) groups is 1. The number of alkyl halides is 3. The van der Waals surface area contributed by atoms with Gasteiger partial charge in [0, 0.05) is 30.0 Å². The zero-order valence-electron chi connectivity index (χ0n) is 14.6. The second-order valence-electron chi connectivity index (χ2n) is 7.00. The number of rotatable bonds is 2. The number of aromatic nitrogens is 1. The summed E-state index contributed by atoms with van der Waals surface area (Å²) in [6.45, 7) is 0.960. The number of nitrogens with zero attached hydrogens (tertiary/aromatic N) is 2. The Balaban J connectivity index is 1.56.